The lowest BCUT2D eigenvalue weighted by molar-refractivity contribution is 0.381. The molecule has 0 fully saturated rings. The summed E-state index contributed by atoms with van der Waals surface area (Å²) in [7, 11) is 0. The second-order valence-electron chi connectivity index (χ2n) is 8.97. The predicted molar refractivity (Wildman–Crippen MR) is 129 cm³/mol. The number of nitrogens with zero attached hydrogens (tertiary/aromatic N) is 4. The highest BCUT2D eigenvalue weighted by Crippen LogP contribution is 2.51. The minimum atomic E-state index is -2.50. The number of fused-ring (bicyclic) bond motifs is 3. The molecule has 0 aromatic heterocycles. The molecule has 0 saturated carbocycles. The second kappa shape index (κ2) is 10.3. The average Bonchev–Trinajstić information content (AvgIpc) is 3.32. The van der Waals surface area contributed by atoms with Crippen LogP contribution in [0.5, 0.6) is 0 Å². The molecular weight excluding hydrogens is 606 g/mol. The lowest BCUT2D eigenvalue weighted by atomic mass is 9.91. The SMILES string of the molecule is N#CC(C#N)=C1c2cc(C#N)c(-c3c(F)c(F)c(F)c(F)c3F)cc2-c2cc(-c3c(F)c(F)c(F)c(F)c3F)c(C#N)cc21. The maximum atomic E-state index is 14.8. The van der Waals surface area contributed by atoms with Crippen molar-refractivity contribution in [3.63, 3.8) is 0 Å². The molecule has 0 amide bonds. The van der Waals surface area contributed by atoms with Crippen LogP contribution in [-0.4, -0.2) is 0 Å². The number of allylic oxidation sites excluding steroid dienone is 1. The first kappa shape index (κ1) is 29.4. The van der Waals surface area contributed by atoms with Gasteiger partial charge in [-0.05, 0) is 46.5 Å². The van der Waals surface area contributed by atoms with Crippen molar-refractivity contribution in [3.8, 4) is 57.7 Å². The molecule has 214 valence electrons. The molecule has 4 nitrogen and oxygen atoms in total. The lowest BCUT2D eigenvalue weighted by Gasteiger charge is -2.13. The van der Waals surface area contributed by atoms with Gasteiger partial charge in [-0.2, -0.15) is 21.0 Å². The fourth-order valence-electron chi connectivity index (χ4n) is 4.89. The molecule has 44 heavy (non-hydrogen) atoms. The number of hydrogen-bond acceptors (Lipinski definition) is 4. The summed E-state index contributed by atoms with van der Waals surface area (Å²) in [6, 6.07) is 9.24. The molecule has 0 spiro atoms. The van der Waals surface area contributed by atoms with Gasteiger partial charge >= 0.3 is 0 Å². The molecule has 0 unspecified atom stereocenters. The third-order valence-corrected chi connectivity index (χ3v) is 6.82. The molecule has 0 atom stereocenters. The highest BCUT2D eigenvalue weighted by Gasteiger charge is 2.35. The fourth-order valence-corrected chi connectivity index (χ4v) is 4.89. The summed E-state index contributed by atoms with van der Waals surface area (Å²) in [6.07, 6.45) is 0. The Kier molecular flexibility index (Phi) is 6.88. The van der Waals surface area contributed by atoms with Crippen molar-refractivity contribution in [1.82, 2.24) is 0 Å². The third-order valence-electron chi connectivity index (χ3n) is 6.82. The molecule has 0 bridgehead atoms. The molecule has 0 heterocycles. The maximum Gasteiger partial charge on any atom is 0.200 e. The van der Waals surface area contributed by atoms with Crippen molar-refractivity contribution in [2.45, 2.75) is 0 Å². The van der Waals surface area contributed by atoms with Crippen molar-refractivity contribution in [3.05, 3.63) is 110 Å². The van der Waals surface area contributed by atoms with Crippen LogP contribution in [-0.2, 0) is 0 Å². The van der Waals surface area contributed by atoms with E-state index in [1.54, 1.807) is 12.1 Å². The Morgan fingerprint density at radius 1 is 0.386 bits per heavy atom. The molecule has 0 saturated heterocycles. The van der Waals surface area contributed by atoms with Crippen LogP contribution >= 0.6 is 0 Å². The Hall–Kier alpha value is -6.12. The van der Waals surface area contributed by atoms with Crippen LogP contribution in [0.1, 0.15) is 22.3 Å². The minimum absolute atomic E-state index is 0.235. The summed E-state index contributed by atoms with van der Waals surface area (Å²) in [4.78, 5) is 0. The Morgan fingerprint density at radius 3 is 0.955 bits per heavy atom. The van der Waals surface area contributed by atoms with Gasteiger partial charge in [0.2, 0.25) is 11.6 Å². The molecular formula is C30H4F10N4. The molecule has 4 aromatic carbocycles. The van der Waals surface area contributed by atoms with E-state index in [0.29, 0.717) is 0 Å². The van der Waals surface area contributed by atoms with E-state index in [1.165, 1.54) is 12.1 Å². The van der Waals surface area contributed by atoms with Crippen molar-refractivity contribution < 1.29 is 43.9 Å². The summed E-state index contributed by atoms with van der Waals surface area (Å²) >= 11 is 0. The monoisotopic (exact) mass is 610 g/mol. The van der Waals surface area contributed by atoms with Gasteiger partial charge in [0, 0.05) is 16.7 Å². The van der Waals surface area contributed by atoms with Gasteiger partial charge < -0.3 is 0 Å². The molecule has 1 aliphatic rings. The molecule has 5 rings (SSSR count). The zero-order valence-corrected chi connectivity index (χ0v) is 20.9. The molecule has 0 aliphatic heterocycles. The quantitative estimate of drug-likeness (QED) is 0.0877. The Morgan fingerprint density at radius 2 is 0.682 bits per heavy atom. The minimum Gasteiger partial charge on any atom is -0.203 e. The molecule has 1 aliphatic carbocycles. The van der Waals surface area contributed by atoms with Gasteiger partial charge in [0.15, 0.2) is 46.5 Å². The lowest BCUT2D eigenvalue weighted by Crippen LogP contribution is -2.05. The van der Waals surface area contributed by atoms with Crippen molar-refractivity contribution in [1.29, 1.82) is 21.0 Å². The number of halogens is 10. The van der Waals surface area contributed by atoms with Crippen LogP contribution in [0.2, 0.25) is 0 Å². The van der Waals surface area contributed by atoms with Crippen LogP contribution in [0.4, 0.5) is 43.9 Å². The van der Waals surface area contributed by atoms with E-state index in [2.05, 4.69) is 0 Å². The molecule has 0 radical (unpaired) electrons. The zero-order valence-electron chi connectivity index (χ0n) is 20.9. The largest absolute Gasteiger partial charge is 0.203 e. The van der Waals surface area contributed by atoms with Gasteiger partial charge in [-0.15, -0.1) is 0 Å². The van der Waals surface area contributed by atoms with E-state index in [1.807, 2.05) is 0 Å². The summed E-state index contributed by atoms with van der Waals surface area (Å²) in [5, 5.41) is 38.6. The number of hydrogen-bond donors (Lipinski definition) is 0. The molecule has 0 N–H and O–H groups in total. The Balaban J connectivity index is 1.97. The fraction of sp³-hybridized carbons (Fsp3) is 0. The summed E-state index contributed by atoms with van der Waals surface area (Å²) in [5.41, 5.74) is -8.42. The normalized spacial score (nSPS) is 11.3. The van der Waals surface area contributed by atoms with Crippen LogP contribution in [0.25, 0.3) is 39.0 Å². The van der Waals surface area contributed by atoms with Crippen LogP contribution in [0, 0.1) is 103 Å². The highest BCUT2D eigenvalue weighted by molar-refractivity contribution is 6.07. The highest BCUT2D eigenvalue weighted by atomic mass is 19.2. The summed E-state index contributed by atoms with van der Waals surface area (Å²) < 4.78 is 143. The van der Waals surface area contributed by atoms with E-state index in [0.717, 1.165) is 24.3 Å². The van der Waals surface area contributed by atoms with E-state index >= 15 is 0 Å². The van der Waals surface area contributed by atoms with Gasteiger partial charge in [0.1, 0.15) is 17.7 Å². The second-order valence-corrected chi connectivity index (χ2v) is 8.97. The van der Waals surface area contributed by atoms with Crippen LogP contribution in [0.15, 0.2) is 29.8 Å². The van der Waals surface area contributed by atoms with Crippen LogP contribution in [0.3, 0.4) is 0 Å². The standard InChI is InChI=1S/C30H4F10N4/c31-21-19(22(32)26(36)29(39)25(21)35)12-3-14-15-4-13(20-23(33)27(37)30(40)28(38)24(20)34)10(6-42)2-17(15)18(11(7-43)8-44)16(14)1-9(12)5-41/h1-4H. The molecule has 14 heteroatoms. The Labute approximate surface area is 238 Å². The predicted octanol–water partition coefficient (Wildman–Crippen LogP) is 7.98. The van der Waals surface area contributed by atoms with Crippen LogP contribution < -0.4 is 0 Å². The van der Waals surface area contributed by atoms with Gasteiger partial charge in [-0.3, -0.25) is 0 Å². The van der Waals surface area contributed by atoms with Gasteiger partial charge in [0.25, 0.3) is 0 Å². The maximum absolute atomic E-state index is 14.8. The van der Waals surface area contributed by atoms with Crippen molar-refractivity contribution in [2.24, 2.45) is 0 Å². The zero-order chi connectivity index (χ0) is 32.4. The van der Waals surface area contributed by atoms with E-state index in [-0.39, 0.29) is 27.8 Å². The number of rotatable bonds is 2. The van der Waals surface area contributed by atoms with Gasteiger partial charge in [-0.1, -0.05) is 0 Å². The van der Waals surface area contributed by atoms with E-state index in [9.17, 15) is 65.0 Å². The Bertz CT molecular complexity index is 2010. The molecule has 4 aromatic rings. The first-order valence-electron chi connectivity index (χ1n) is 11.6. The smallest absolute Gasteiger partial charge is 0.200 e. The summed E-state index contributed by atoms with van der Waals surface area (Å²) in [5.74, 6) is -23.7. The first-order chi connectivity index (χ1) is 20.8. The van der Waals surface area contributed by atoms with Crippen molar-refractivity contribution in [2.75, 3.05) is 0 Å². The van der Waals surface area contributed by atoms with Gasteiger partial charge in [0.05, 0.1) is 34.4 Å². The average molecular weight is 610 g/mol. The first-order valence-corrected chi connectivity index (χ1v) is 11.6. The third kappa shape index (κ3) is 3.89. The van der Waals surface area contributed by atoms with E-state index in [4.69, 9.17) is 0 Å². The number of benzene rings is 4. The topological polar surface area (TPSA) is 95.2 Å². The number of nitriles is 4. The van der Waals surface area contributed by atoms with E-state index < -0.39 is 97.1 Å². The van der Waals surface area contributed by atoms with Gasteiger partial charge in [-0.25, -0.2) is 43.9 Å². The summed E-state index contributed by atoms with van der Waals surface area (Å²) in [6.45, 7) is 0. The van der Waals surface area contributed by atoms with Crippen molar-refractivity contribution >= 4 is 5.57 Å².